The molecule has 2 N–H and O–H groups in total. The number of alkyl halides is 1. The van der Waals surface area contributed by atoms with Crippen molar-refractivity contribution in [2.24, 2.45) is 0 Å². The molecule has 0 unspecified atom stereocenters. The summed E-state index contributed by atoms with van der Waals surface area (Å²) in [5.41, 5.74) is -0.0682. The van der Waals surface area contributed by atoms with Crippen LogP contribution in [0.25, 0.3) is 0 Å². The van der Waals surface area contributed by atoms with E-state index in [1.54, 1.807) is 0 Å². The Bertz CT molecular complexity index is 385. The molecule has 94 valence electrons. The zero-order valence-electron chi connectivity index (χ0n) is 9.54. The van der Waals surface area contributed by atoms with E-state index in [-0.39, 0.29) is 17.2 Å². The summed E-state index contributed by atoms with van der Waals surface area (Å²) in [5, 5.41) is 9.67. The van der Waals surface area contributed by atoms with Gasteiger partial charge >= 0.3 is 0 Å². The number of hydrogen-bond acceptors (Lipinski definition) is 3. The average molecular weight is 302 g/mol. The second-order valence-electron chi connectivity index (χ2n) is 3.67. The first-order valence-electron chi connectivity index (χ1n) is 5.64. The molecular formula is C11H16BrN3O2. The summed E-state index contributed by atoms with van der Waals surface area (Å²) in [6.45, 7) is 0.641. The maximum atomic E-state index is 11.5. The number of unbranched alkanes of at least 4 members (excludes halogenated alkanes) is 3. The van der Waals surface area contributed by atoms with E-state index < -0.39 is 0 Å². The molecular weight excluding hydrogens is 286 g/mol. The molecule has 0 aromatic carbocycles. The molecule has 0 aliphatic carbocycles. The predicted octanol–water partition coefficient (Wildman–Crippen LogP) is 1.45. The van der Waals surface area contributed by atoms with Crippen LogP contribution in [0.3, 0.4) is 0 Å². The zero-order valence-corrected chi connectivity index (χ0v) is 11.1. The second-order valence-corrected chi connectivity index (χ2v) is 4.46. The molecule has 0 bridgehead atoms. The number of aromatic amines is 1. The number of nitrogens with one attached hydrogen (secondary N) is 2. The minimum Gasteiger partial charge on any atom is -0.351 e. The lowest BCUT2D eigenvalue weighted by molar-refractivity contribution is 0.0947. The van der Waals surface area contributed by atoms with Crippen LogP contribution >= 0.6 is 15.9 Å². The van der Waals surface area contributed by atoms with E-state index in [9.17, 15) is 9.59 Å². The van der Waals surface area contributed by atoms with Crippen molar-refractivity contribution < 1.29 is 4.79 Å². The molecule has 0 spiro atoms. The number of H-pyrrole nitrogens is 1. The fourth-order valence-corrected chi connectivity index (χ4v) is 1.73. The standard InChI is InChI=1S/C11H16BrN3O2/c12-7-3-1-2-4-8-13-11(17)9-5-6-10(16)15-14-9/h5-6H,1-4,7-8H2,(H,13,17)(H,15,16). The van der Waals surface area contributed by atoms with E-state index in [1.807, 2.05) is 0 Å². The SMILES string of the molecule is O=C(NCCCCCCBr)c1ccc(=O)[nH]n1. The third kappa shape index (κ3) is 5.63. The maximum absolute atomic E-state index is 11.5. The number of hydrogen-bond donors (Lipinski definition) is 2. The summed E-state index contributed by atoms with van der Waals surface area (Å²) < 4.78 is 0. The summed E-state index contributed by atoms with van der Waals surface area (Å²) in [5.74, 6) is -0.248. The second kappa shape index (κ2) is 8.00. The summed E-state index contributed by atoms with van der Waals surface area (Å²) >= 11 is 3.37. The summed E-state index contributed by atoms with van der Waals surface area (Å²) in [6, 6.07) is 2.71. The van der Waals surface area contributed by atoms with Crippen LogP contribution in [0.2, 0.25) is 0 Å². The largest absolute Gasteiger partial charge is 0.351 e. The molecule has 1 aromatic heterocycles. The van der Waals surface area contributed by atoms with Gasteiger partial charge in [0, 0.05) is 17.9 Å². The third-order valence-corrected chi connectivity index (χ3v) is 2.82. The molecule has 1 rings (SSSR count). The van der Waals surface area contributed by atoms with Crippen LogP contribution in [0.4, 0.5) is 0 Å². The number of amides is 1. The van der Waals surface area contributed by atoms with Gasteiger partial charge in [0.25, 0.3) is 11.5 Å². The highest BCUT2D eigenvalue weighted by Gasteiger charge is 2.05. The average Bonchev–Trinajstić information content (AvgIpc) is 2.34. The molecule has 0 saturated carbocycles. The monoisotopic (exact) mass is 301 g/mol. The van der Waals surface area contributed by atoms with Gasteiger partial charge in [0.15, 0.2) is 0 Å². The lowest BCUT2D eigenvalue weighted by atomic mass is 10.2. The van der Waals surface area contributed by atoms with Crippen LogP contribution in [-0.2, 0) is 0 Å². The van der Waals surface area contributed by atoms with Crippen molar-refractivity contribution in [3.8, 4) is 0 Å². The zero-order chi connectivity index (χ0) is 12.5. The molecule has 1 aromatic rings. The van der Waals surface area contributed by atoms with Gasteiger partial charge in [-0.05, 0) is 18.9 Å². The quantitative estimate of drug-likeness (QED) is 0.591. The fourth-order valence-electron chi connectivity index (χ4n) is 1.34. The summed E-state index contributed by atoms with van der Waals surface area (Å²) in [4.78, 5) is 22.3. The molecule has 0 aliphatic heterocycles. The van der Waals surface area contributed by atoms with E-state index in [0.717, 1.165) is 31.0 Å². The Morgan fingerprint density at radius 1 is 1.29 bits per heavy atom. The molecule has 1 heterocycles. The maximum Gasteiger partial charge on any atom is 0.271 e. The molecule has 0 saturated heterocycles. The van der Waals surface area contributed by atoms with Crippen LogP contribution in [0.15, 0.2) is 16.9 Å². The Morgan fingerprint density at radius 3 is 2.71 bits per heavy atom. The van der Waals surface area contributed by atoms with Gasteiger partial charge in [-0.3, -0.25) is 9.59 Å². The number of rotatable bonds is 7. The highest BCUT2D eigenvalue weighted by molar-refractivity contribution is 9.09. The Labute approximate surface area is 108 Å². The fraction of sp³-hybridized carbons (Fsp3) is 0.545. The molecule has 1 amide bonds. The first-order chi connectivity index (χ1) is 8.24. The van der Waals surface area contributed by atoms with Gasteiger partial charge in [-0.1, -0.05) is 28.8 Å². The lowest BCUT2D eigenvalue weighted by Crippen LogP contribution is -2.26. The van der Waals surface area contributed by atoms with Crippen molar-refractivity contribution in [2.45, 2.75) is 25.7 Å². The van der Waals surface area contributed by atoms with Gasteiger partial charge < -0.3 is 5.32 Å². The van der Waals surface area contributed by atoms with E-state index in [0.29, 0.717) is 6.54 Å². The number of halogens is 1. The van der Waals surface area contributed by atoms with Gasteiger partial charge in [0.1, 0.15) is 5.69 Å². The van der Waals surface area contributed by atoms with E-state index in [2.05, 4.69) is 31.4 Å². The van der Waals surface area contributed by atoms with Crippen LogP contribution in [0.1, 0.15) is 36.2 Å². The van der Waals surface area contributed by atoms with Crippen molar-refractivity contribution in [3.63, 3.8) is 0 Å². The van der Waals surface area contributed by atoms with Gasteiger partial charge in [0.05, 0.1) is 0 Å². The van der Waals surface area contributed by atoms with Crippen molar-refractivity contribution >= 4 is 21.8 Å². The van der Waals surface area contributed by atoms with Gasteiger partial charge in [-0.15, -0.1) is 0 Å². The first-order valence-corrected chi connectivity index (χ1v) is 6.76. The first kappa shape index (κ1) is 13.9. The van der Waals surface area contributed by atoms with E-state index in [4.69, 9.17) is 0 Å². The van der Waals surface area contributed by atoms with E-state index in [1.165, 1.54) is 12.1 Å². The Morgan fingerprint density at radius 2 is 2.06 bits per heavy atom. The highest BCUT2D eigenvalue weighted by atomic mass is 79.9. The minimum atomic E-state index is -0.309. The van der Waals surface area contributed by atoms with Crippen LogP contribution in [0, 0.1) is 0 Å². The topological polar surface area (TPSA) is 74.8 Å². The number of carbonyl (C=O) groups is 1. The van der Waals surface area contributed by atoms with Gasteiger partial charge in [-0.2, -0.15) is 5.10 Å². The minimum absolute atomic E-state index is 0.241. The van der Waals surface area contributed by atoms with Crippen molar-refractivity contribution in [3.05, 3.63) is 28.2 Å². The number of aromatic nitrogens is 2. The van der Waals surface area contributed by atoms with Gasteiger partial charge in [-0.25, -0.2) is 5.10 Å². The van der Waals surface area contributed by atoms with E-state index >= 15 is 0 Å². The summed E-state index contributed by atoms with van der Waals surface area (Å²) in [7, 11) is 0. The molecule has 17 heavy (non-hydrogen) atoms. The van der Waals surface area contributed by atoms with Crippen molar-refractivity contribution in [2.75, 3.05) is 11.9 Å². The van der Waals surface area contributed by atoms with Gasteiger partial charge in [0.2, 0.25) is 0 Å². The van der Waals surface area contributed by atoms with Crippen LogP contribution < -0.4 is 10.9 Å². The molecule has 0 atom stereocenters. The smallest absolute Gasteiger partial charge is 0.271 e. The molecule has 5 nitrogen and oxygen atoms in total. The predicted molar refractivity (Wildman–Crippen MR) is 69.5 cm³/mol. The Hall–Kier alpha value is -1.17. The molecule has 0 aliphatic rings. The number of nitrogens with zero attached hydrogens (tertiary/aromatic N) is 1. The Kier molecular flexibility index (Phi) is 6.54. The molecule has 0 radical (unpaired) electrons. The van der Waals surface area contributed by atoms with Crippen molar-refractivity contribution in [1.29, 1.82) is 0 Å². The van der Waals surface area contributed by atoms with Crippen molar-refractivity contribution in [1.82, 2.24) is 15.5 Å². The van der Waals surface area contributed by atoms with Crippen LogP contribution in [-0.4, -0.2) is 28.0 Å². The van der Waals surface area contributed by atoms with Crippen LogP contribution in [0.5, 0.6) is 0 Å². The molecule has 0 fully saturated rings. The Balaban J connectivity index is 2.21. The lowest BCUT2D eigenvalue weighted by Gasteiger charge is -2.03. The summed E-state index contributed by atoms with van der Waals surface area (Å²) in [6.07, 6.45) is 4.39. The number of carbonyl (C=O) groups excluding carboxylic acids is 1. The normalized spacial score (nSPS) is 10.2. The third-order valence-electron chi connectivity index (χ3n) is 2.26. The highest BCUT2D eigenvalue weighted by Crippen LogP contribution is 2.01. The molecule has 6 heteroatoms.